The Kier molecular flexibility index (Phi) is 4.12. The quantitative estimate of drug-likeness (QED) is 0.867. The number of carboxylic acid groups (broad SMARTS) is 1. The largest absolute Gasteiger partial charge is 0.479 e. The van der Waals surface area contributed by atoms with Crippen molar-refractivity contribution in [2.24, 2.45) is 0 Å². The number of hydrogen-bond donors (Lipinski definition) is 2. The van der Waals surface area contributed by atoms with Crippen molar-refractivity contribution in [2.75, 3.05) is 0 Å². The normalized spacial score (nSPS) is 13.8. The number of rotatable bonds is 4. The van der Waals surface area contributed by atoms with Crippen molar-refractivity contribution in [1.82, 2.24) is 5.32 Å². The number of aliphatic carboxylic acids is 1. The van der Waals surface area contributed by atoms with Crippen molar-refractivity contribution < 1.29 is 14.7 Å². The molecule has 1 atom stereocenters. The minimum Gasteiger partial charge on any atom is -0.479 e. The van der Waals surface area contributed by atoms with Crippen LogP contribution < -0.4 is 5.32 Å². The lowest BCUT2D eigenvalue weighted by Crippen LogP contribution is -2.51. The minimum atomic E-state index is -1.47. The zero-order valence-corrected chi connectivity index (χ0v) is 10.4. The summed E-state index contributed by atoms with van der Waals surface area (Å²) in [5, 5.41) is 12.2. The molecular formula is C12H14ClNO3. The fourth-order valence-corrected chi connectivity index (χ4v) is 2.07. The van der Waals surface area contributed by atoms with Gasteiger partial charge in [0.05, 0.1) is 0 Å². The van der Waals surface area contributed by atoms with Crippen LogP contribution >= 0.6 is 11.6 Å². The molecule has 1 unspecified atom stereocenters. The van der Waals surface area contributed by atoms with Gasteiger partial charge < -0.3 is 10.4 Å². The smallest absolute Gasteiger partial charge is 0.334 e. The highest BCUT2D eigenvalue weighted by Crippen LogP contribution is 2.31. The van der Waals surface area contributed by atoms with E-state index in [-0.39, 0.29) is 6.42 Å². The highest BCUT2D eigenvalue weighted by atomic mass is 35.5. The van der Waals surface area contributed by atoms with Gasteiger partial charge in [-0.05, 0) is 12.5 Å². The molecule has 0 aliphatic carbocycles. The molecule has 0 bridgehead atoms. The van der Waals surface area contributed by atoms with E-state index in [0.717, 1.165) is 0 Å². The molecule has 0 heterocycles. The van der Waals surface area contributed by atoms with Crippen LogP contribution in [-0.2, 0) is 15.1 Å². The van der Waals surface area contributed by atoms with Crippen LogP contribution in [0.3, 0.4) is 0 Å². The molecule has 2 N–H and O–H groups in total. The first-order valence-electron chi connectivity index (χ1n) is 5.21. The van der Waals surface area contributed by atoms with Crippen LogP contribution in [-0.4, -0.2) is 17.0 Å². The van der Waals surface area contributed by atoms with Gasteiger partial charge >= 0.3 is 5.97 Å². The second kappa shape index (κ2) is 5.19. The van der Waals surface area contributed by atoms with Gasteiger partial charge in [-0.2, -0.15) is 0 Å². The Morgan fingerprint density at radius 3 is 2.41 bits per heavy atom. The third-order valence-corrected chi connectivity index (χ3v) is 2.95. The summed E-state index contributed by atoms with van der Waals surface area (Å²) in [4.78, 5) is 22.7. The van der Waals surface area contributed by atoms with E-state index in [9.17, 15) is 14.7 Å². The van der Waals surface area contributed by atoms with E-state index in [1.807, 2.05) is 0 Å². The van der Waals surface area contributed by atoms with Crippen molar-refractivity contribution in [2.45, 2.75) is 25.8 Å². The van der Waals surface area contributed by atoms with Crippen LogP contribution in [0.5, 0.6) is 0 Å². The molecule has 0 saturated heterocycles. The maximum atomic E-state index is 11.5. The molecule has 0 aromatic heterocycles. The molecule has 0 aliphatic rings. The summed E-state index contributed by atoms with van der Waals surface area (Å²) in [5.74, 6) is -1.53. The van der Waals surface area contributed by atoms with Crippen molar-refractivity contribution in [3.63, 3.8) is 0 Å². The van der Waals surface area contributed by atoms with Gasteiger partial charge in [0.2, 0.25) is 5.91 Å². The highest BCUT2D eigenvalue weighted by molar-refractivity contribution is 6.31. The number of benzene rings is 1. The molecule has 0 spiro atoms. The number of carbonyl (C=O) groups excluding carboxylic acids is 1. The number of nitrogens with one attached hydrogen (secondary N) is 1. The lowest BCUT2D eigenvalue weighted by Gasteiger charge is -2.30. The summed E-state index contributed by atoms with van der Waals surface area (Å²) in [6, 6.07) is 6.61. The van der Waals surface area contributed by atoms with Gasteiger partial charge in [-0.15, -0.1) is 0 Å². The highest BCUT2D eigenvalue weighted by Gasteiger charge is 2.40. The molecule has 0 saturated carbocycles. The lowest BCUT2D eigenvalue weighted by atomic mass is 9.87. The van der Waals surface area contributed by atoms with E-state index in [1.54, 1.807) is 31.2 Å². The molecule has 92 valence electrons. The summed E-state index contributed by atoms with van der Waals surface area (Å²) in [6.07, 6.45) is 0.214. The Labute approximate surface area is 105 Å². The molecule has 5 heteroatoms. The summed E-state index contributed by atoms with van der Waals surface area (Å²) in [6.45, 7) is 2.97. The molecule has 1 aromatic carbocycles. The maximum Gasteiger partial charge on any atom is 0.334 e. The third-order valence-electron chi connectivity index (χ3n) is 2.62. The average molecular weight is 256 g/mol. The Hall–Kier alpha value is -1.55. The van der Waals surface area contributed by atoms with Crippen molar-refractivity contribution in [3.8, 4) is 0 Å². The van der Waals surface area contributed by atoms with E-state index >= 15 is 0 Å². The zero-order valence-electron chi connectivity index (χ0n) is 9.66. The lowest BCUT2D eigenvalue weighted by molar-refractivity contribution is -0.148. The molecule has 1 amide bonds. The second-order valence-electron chi connectivity index (χ2n) is 3.73. The van der Waals surface area contributed by atoms with Crippen LogP contribution in [0.2, 0.25) is 5.02 Å². The summed E-state index contributed by atoms with van der Waals surface area (Å²) >= 11 is 6.00. The van der Waals surface area contributed by atoms with Crippen LogP contribution in [0.25, 0.3) is 0 Å². The molecule has 0 fully saturated rings. The van der Waals surface area contributed by atoms with Gasteiger partial charge in [0.25, 0.3) is 0 Å². The molecule has 0 radical (unpaired) electrons. The van der Waals surface area contributed by atoms with Gasteiger partial charge in [-0.1, -0.05) is 36.7 Å². The zero-order chi connectivity index (χ0) is 13.1. The van der Waals surface area contributed by atoms with E-state index in [2.05, 4.69) is 5.32 Å². The van der Waals surface area contributed by atoms with Crippen molar-refractivity contribution in [3.05, 3.63) is 34.9 Å². The Bertz CT molecular complexity index is 447. The Morgan fingerprint density at radius 2 is 2.00 bits per heavy atom. The average Bonchev–Trinajstić information content (AvgIpc) is 2.26. The van der Waals surface area contributed by atoms with Crippen LogP contribution in [0, 0.1) is 0 Å². The topological polar surface area (TPSA) is 66.4 Å². The van der Waals surface area contributed by atoms with Gasteiger partial charge in [0.1, 0.15) is 0 Å². The molecule has 4 nitrogen and oxygen atoms in total. The van der Waals surface area contributed by atoms with E-state index in [0.29, 0.717) is 10.6 Å². The minimum absolute atomic E-state index is 0.214. The predicted octanol–water partition coefficient (Wildman–Crippen LogP) is 2.17. The number of amides is 1. The standard InChI is InChI=1S/C12H14ClNO3/c1-3-12(11(16)17,14-8(2)15)9-6-4-5-7-10(9)13/h4-7H,3H2,1-2H3,(H,14,15)(H,16,17). The number of carboxylic acids is 1. The van der Waals surface area contributed by atoms with Crippen LogP contribution in [0.1, 0.15) is 25.8 Å². The molecule has 1 rings (SSSR count). The first-order valence-corrected chi connectivity index (χ1v) is 5.59. The third kappa shape index (κ3) is 2.58. The van der Waals surface area contributed by atoms with Gasteiger partial charge in [0.15, 0.2) is 5.54 Å². The van der Waals surface area contributed by atoms with E-state index < -0.39 is 17.4 Å². The SMILES string of the molecule is CCC(NC(C)=O)(C(=O)O)c1ccccc1Cl. The van der Waals surface area contributed by atoms with Crippen molar-refractivity contribution in [1.29, 1.82) is 0 Å². The molecule has 0 aliphatic heterocycles. The van der Waals surface area contributed by atoms with E-state index in [4.69, 9.17) is 11.6 Å². The monoisotopic (exact) mass is 255 g/mol. The van der Waals surface area contributed by atoms with Gasteiger partial charge in [0, 0.05) is 17.5 Å². The number of hydrogen-bond acceptors (Lipinski definition) is 2. The first-order chi connectivity index (χ1) is 7.94. The molecule has 17 heavy (non-hydrogen) atoms. The number of halogens is 1. The van der Waals surface area contributed by atoms with Crippen LogP contribution in [0.15, 0.2) is 24.3 Å². The Balaban J connectivity index is 3.37. The van der Waals surface area contributed by atoms with E-state index in [1.165, 1.54) is 6.92 Å². The summed E-state index contributed by atoms with van der Waals surface area (Å²) in [7, 11) is 0. The van der Waals surface area contributed by atoms with Crippen LogP contribution in [0.4, 0.5) is 0 Å². The second-order valence-corrected chi connectivity index (χ2v) is 4.13. The first kappa shape index (κ1) is 13.5. The van der Waals surface area contributed by atoms with Gasteiger partial charge in [-0.25, -0.2) is 4.79 Å². The fraction of sp³-hybridized carbons (Fsp3) is 0.333. The molecular weight excluding hydrogens is 242 g/mol. The Morgan fingerprint density at radius 1 is 1.41 bits per heavy atom. The fourth-order valence-electron chi connectivity index (χ4n) is 1.77. The molecule has 1 aromatic rings. The summed E-state index contributed by atoms with van der Waals surface area (Å²) < 4.78 is 0. The van der Waals surface area contributed by atoms with Crippen molar-refractivity contribution >= 4 is 23.5 Å². The summed E-state index contributed by atoms with van der Waals surface area (Å²) in [5.41, 5.74) is -1.07. The number of carbonyl (C=O) groups is 2. The predicted molar refractivity (Wildman–Crippen MR) is 64.9 cm³/mol. The van der Waals surface area contributed by atoms with Gasteiger partial charge in [-0.3, -0.25) is 4.79 Å². The maximum absolute atomic E-state index is 11.5.